The Kier molecular flexibility index (Phi) is 3.01. The summed E-state index contributed by atoms with van der Waals surface area (Å²) in [5.41, 5.74) is 1.13. The van der Waals surface area contributed by atoms with Crippen molar-refractivity contribution in [1.29, 1.82) is 0 Å². The maximum atomic E-state index is 4.37. The van der Waals surface area contributed by atoms with E-state index in [-0.39, 0.29) is 0 Å². The van der Waals surface area contributed by atoms with Gasteiger partial charge in [-0.1, -0.05) is 13.8 Å². The van der Waals surface area contributed by atoms with Crippen LogP contribution in [-0.2, 0) is 0 Å². The van der Waals surface area contributed by atoms with Crippen molar-refractivity contribution in [3.05, 3.63) is 17.8 Å². The average molecular weight is 177 g/mol. The van der Waals surface area contributed by atoms with Gasteiger partial charge in [-0.3, -0.25) is 0 Å². The number of nitrogens with one attached hydrogen (secondary N) is 1. The molecule has 0 unspecified atom stereocenters. The van der Waals surface area contributed by atoms with E-state index in [0.29, 0.717) is 5.92 Å². The van der Waals surface area contributed by atoms with Crippen LogP contribution in [0.15, 0.2) is 22.2 Å². The Balaban J connectivity index is 2.98. The van der Waals surface area contributed by atoms with Gasteiger partial charge in [0.15, 0.2) is 0 Å². The highest BCUT2D eigenvalue weighted by Gasteiger charge is 2.03. The minimum Gasteiger partial charge on any atom is -0.346 e. The molecule has 0 amide bonds. The predicted molar refractivity (Wildman–Crippen MR) is 57.0 cm³/mol. The maximum Gasteiger partial charge on any atom is 0.135 e. The number of nitrogens with zero attached hydrogens (tertiary/aromatic N) is 2. The van der Waals surface area contributed by atoms with E-state index in [1.165, 1.54) is 0 Å². The summed E-state index contributed by atoms with van der Waals surface area (Å²) in [6.45, 7) is 9.60. The van der Waals surface area contributed by atoms with Crippen molar-refractivity contribution >= 4 is 18.4 Å². The fraction of sp³-hybridized carbons (Fsp3) is 0.400. The molecule has 0 bridgehead atoms. The van der Waals surface area contributed by atoms with Crippen LogP contribution in [0.4, 0.5) is 5.82 Å². The highest BCUT2D eigenvalue weighted by molar-refractivity contribution is 5.89. The molecule has 0 spiro atoms. The summed E-state index contributed by atoms with van der Waals surface area (Å²) in [5.74, 6) is 1.95. The Hall–Kier alpha value is -1.38. The fourth-order valence-electron chi connectivity index (χ4n) is 1.02. The van der Waals surface area contributed by atoms with Gasteiger partial charge in [0.2, 0.25) is 0 Å². The summed E-state index contributed by atoms with van der Waals surface area (Å²) < 4.78 is 0. The number of aromatic amines is 1. The molecule has 1 aromatic heterocycles. The first-order valence-corrected chi connectivity index (χ1v) is 4.34. The predicted octanol–water partition coefficient (Wildman–Crippen LogP) is 2.71. The van der Waals surface area contributed by atoms with E-state index in [9.17, 15) is 0 Å². The third-order valence-electron chi connectivity index (χ3n) is 1.83. The second-order valence-electron chi connectivity index (χ2n) is 3.29. The Morgan fingerprint density at radius 2 is 2.23 bits per heavy atom. The quantitative estimate of drug-likeness (QED) is 0.533. The van der Waals surface area contributed by atoms with Gasteiger partial charge in [0, 0.05) is 12.1 Å². The van der Waals surface area contributed by atoms with Crippen molar-refractivity contribution in [2.45, 2.75) is 20.8 Å². The lowest BCUT2D eigenvalue weighted by molar-refractivity contribution is 0.873. The van der Waals surface area contributed by atoms with Gasteiger partial charge in [0.1, 0.15) is 11.7 Å². The van der Waals surface area contributed by atoms with Gasteiger partial charge in [0.05, 0.1) is 0 Å². The number of hydrogen-bond donors (Lipinski definition) is 1. The van der Waals surface area contributed by atoms with Gasteiger partial charge in [-0.05, 0) is 25.3 Å². The van der Waals surface area contributed by atoms with Crippen LogP contribution in [0.2, 0.25) is 0 Å². The van der Waals surface area contributed by atoms with E-state index >= 15 is 0 Å². The number of aromatic nitrogens is 1. The molecule has 0 aromatic carbocycles. The number of H-pyrrole nitrogens is 1. The van der Waals surface area contributed by atoms with E-state index in [0.717, 1.165) is 17.2 Å². The van der Waals surface area contributed by atoms with E-state index in [1.807, 2.05) is 33.0 Å². The van der Waals surface area contributed by atoms with Crippen molar-refractivity contribution in [1.82, 2.24) is 4.98 Å². The second kappa shape index (κ2) is 4.03. The molecule has 70 valence electrons. The third kappa shape index (κ3) is 2.28. The highest BCUT2D eigenvalue weighted by Crippen LogP contribution is 2.16. The van der Waals surface area contributed by atoms with Crippen LogP contribution in [0.1, 0.15) is 19.4 Å². The molecule has 1 N–H and O–H groups in total. The molecule has 0 saturated carbocycles. The Labute approximate surface area is 78.6 Å². The molecular weight excluding hydrogens is 162 g/mol. The van der Waals surface area contributed by atoms with E-state index in [4.69, 9.17) is 0 Å². The SMILES string of the molecule is C=N/C(=N\c1[nH]ccc1C)C(C)C. The lowest BCUT2D eigenvalue weighted by Crippen LogP contribution is -2.02. The lowest BCUT2D eigenvalue weighted by Gasteiger charge is -2.02. The molecule has 0 aliphatic carbocycles. The van der Waals surface area contributed by atoms with Gasteiger partial charge in [0.25, 0.3) is 0 Å². The first-order valence-electron chi connectivity index (χ1n) is 4.34. The standard InChI is InChI=1S/C10H15N3/c1-7(2)9(11-4)13-10-8(3)5-6-12-10/h5-7,12H,4H2,1-3H3/b13-9-. The van der Waals surface area contributed by atoms with Crippen LogP contribution in [0.25, 0.3) is 0 Å². The van der Waals surface area contributed by atoms with Crippen LogP contribution in [0.5, 0.6) is 0 Å². The topological polar surface area (TPSA) is 40.5 Å². The highest BCUT2D eigenvalue weighted by atomic mass is 15.0. The van der Waals surface area contributed by atoms with Gasteiger partial charge in [-0.2, -0.15) is 0 Å². The summed E-state index contributed by atoms with van der Waals surface area (Å²) in [6, 6.07) is 1.99. The number of rotatable bonds is 2. The smallest absolute Gasteiger partial charge is 0.135 e. The monoisotopic (exact) mass is 177 g/mol. The van der Waals surface area contributed by atoms with Crippen LogP contribution < -0.4 is 0 Å². The van der Waals surface area contributed by atoms with Gasteiger partial charge < -0.3 is 4.98 Å². The largest absolute Gasteiger partial charge is 0.346 e. The van der Waals surface area contributed by atoms with Crippen molar-refractivity contribution < 1.29 is 0 Å². The molecular formula is C10H15N3. The minimum absolute atomic E-state index is 0.306. The molecule has 0 radical (unpaired) electrons. The summed E-state index contributed by atoms with van der Waals surface area (Å²) >= 11 is 0. The molecule has 0 saturated heterocycles. The zero-order chi connectivity index (χ0) is 9.84. The summed E-state index contributed by atoms with van der Waals surface area (Å²) in [6.07, 6.45) is 1.87. The second-order valence-corrected chi connectivity index (χ2v) is 3.29. The van der Waals surface area contributed by atoms with Crippen LogP contribution in [-0.4, -0.2) is 17.5 Å². The molecule has 0 atom stereocenters. The average Bonchev–Trinajstić information content (AvgIpc) is 2.46. The van der Waals surface area contributed by atoms with Crippen molar-refractivity contribution in [2.75, 3.05) is 0 Å². The molecule has 0 aliphatic heterocycles. The Bertz CT molecular complexity index is 321. The molecule has 3 heteroatoms. The van der Waals surface area contributed by atoms with Gasteiger partial charge >= 0.3 is 0 Å². The van der Waals surface area contributed by atoms with Crippen LogP contribution in [0, 0.1) is 12.8 Å². The molecule has 3 nitrogen and oxygen atoms in total. The maximum absolute atomic E-state index is 4.37. The first-order chi connectivity index (χ1) is 6.15. The van der Waals surface area contributed by atoms with E-state index in [1.54, 1.807) is 0 Å². The van der Waals surface area contributed by atoms with Gasteiger partial charge in [-0.15, -0.1) is 0 Å². The molecule has 1 heterocycles. The zero-order valence-electron chi connectivity index (χ0n) is 8.33. The first kappa shape index (κ1) is 9.71. The molecule has 0 aliphatic rings. The molecule has 1 rings (SSSR count). The zero-order valence-corrected chi connectivity index (χ0v) is 8.33. The van der Waals surface area contributed by atoms with Crippen molar-refractivity contribution in [3.63, 3.8) is 0 Å². The minimum atomic E-state index is 0.306. The lowest BCUT2D eigenvalue weighted by atomic mass is 10.2. The van der Waals surface area contributed by atoms with E-state index in [2.05, 4.69) is 21.7 Å². The molecule has 13 heavy (non-hydrogen) atoms. The summed E-state index contributed by atoms with van der Waals surface area (Å²) in [5, 5.41) is 0. The fourth-order valence-corrected chi connectivity index (χ4v) is 1.02. The van der Waals surface area contributed by atoms with Gasteiger partial charge in [-0.25, -0.2) is 9.98 Å². The van der Waals surface area contributed by atoms with Crippen molar-refractivity contribution in [3.8, 4) is 0 Å². The number of amidine groups is 1. The summed E-state index contributed by atoms with van der Waals surface area (Å²) in [4.78, 5) is 11.3. The molecule has 1 aromatic rings. The van der Waals surface area contributed by atoms with Crippen molar-refractivity contribution in [2.24, 2.45) is 15.9 Å². The third-order valence-corrected chi connectivity index (χ3v) is 1.83. The Morgan fingerprint density at radius 1 is 1.54 bits per heavy atom. The number of hydrogen-bond acceptors (Lipinski definition) is 1. The summed E-state index contributed by atoms with van der Waals surface area (Å²) in [7, 11) is 0. The van der Waals surface area contributed by atoms with E-state index < -0.39 is 0 Å². The van der Waals surface area contributed by atoms with Crippen LogP contribution >= 0.6 is 0 Å². The number of aryl methyl sites for hydroxylation is 1. The normalized spacial score (nSPS) is 12.2. The Morgan fingerprint density at radius 3 is 2.62 bits per heavy atom. The van der Waals surface area contributed by atoms with Crippen LogP contribution in [0.3, 0.4) is 0 Å². The number of aliphatic imine (C=N–C) groups is 2. The molecule has 0 fully saturated rings.